The van der Waals surface area contributed by atoms with Crippen molar-refractivity contribution < 1.29 is 4.74 Å². The van der Waals surface area contributed by atoms with Crippen molar-refractivity contribution in [1.29, 1.82) is 0 Å². The van der Waals surface area contributed by atoms with Crippen LogP contribution in [-0.2, 0) is 6.42 Å². The molecule has 1 rings (SSSR count). The Balaban J connectivity index is 3.07. The van der Waals surface area contributed by atoms with Crippen molar-refractivity contribution >= 4 is 15.9 Å². The second-order valence-electron chi connectivity index (χ2n) is 3.81. The second kappa shape index (κ2) is 6.06. The van der Waals surface area contributed by atoms with Crippen molar-refractivity contribution in [2.75, 3.05) is 6.54 Å². The normalized spacial score (nSPS) is 12.2. The van der Waals surface area contributed by atoms with Crippen molar-refractivity contribution in [2.24, 2.45) is 5.73 Å². The van der Waals surface area contributed by atoms with E-state index in [-0.39, 0.29) is 6.10 Å². The van der Waals surface area contributed by atoms with Crippen molar-refractivity contribution in [1.82, 2.24) is 0 Å². The van der Waals surface area contributed by atoms with Gasteiger partial charge in [0, 0.05) is 4.47 Å². The van der Waals surface area contributed by atoms with Gasteiger partial charge in [0.25, 0.3) is 0 Å². The van der Waals surface area contributed by atoms with Crippen LogP contribution in [-0.4, -0.2) is 12.6 Å². The molecule has 0 bridgehead atoms. The summed E-state index contributed by atoms with van der Waals surface area (Å²) in [5.74, 6) is 0.932. The first-order valence-electron chi connectivity index (χ1n) is 5.36. The molecule has 0 heterocycles. The number of ether oxygens (including phenoxy) is 1. The van der Waals surface area contributed by atoms with Gasteiger partial charge in [0.05, 0.1) is 0 Å². The Hall–Kier alpha value is -0.800. The number of hydrogen-bond acceptors (Lipinski definition) is 2. The van der Waals surface area contributed by atoms with E-state index < -0.39 is 0 Å². The standard InChI is InChI=1S/C13H18BrNO/c1-4-10(3)16-13-9(2)7-12(14)8-11(13)5-6-15/h4,7-8,10H,1,5-6,15H2,2-3H3. The molecule has 0 amide bonds. The fourth-order valence-electron chi connectivity index (χ4n) is 1.54. The van der Waals surface area contributed by atoms with E-state index in [9.17, 15) is 0 Å². The number of aryl methyl sites for hydroxylation is 1. The Morgan fingerprint density at radius 2 is 2.25 bits per heavy atom. The lowest BCUT2D eigenvalue weighted by molar-refractivity contribution is 0.265. The summed E-state index contributed by atoms with van der Waals surface area (Å²) in [6, 6.07) is 4.11. The van der Waals surface area contributed by atoms with E-state index in [1.54, 1.807) is 6.08 Å². The van der Waals surface area contributed by atoms with Gasteiger partial charge in [-0.25, -0.2) is 0 Å². The maximum atomic E-state index is 5.84. The molecular formula is C13H18BrNO. The smallest absolute Gasteiger partial charge is 0.126 e. The molecule has 0 aliphatic heterocycles. The summed E-state index contributed by atoms with van der Waals surface area (Å²) in [5.41, 5.74) is 7.86. The van der Waals surface area contributed by atoms with E-state index in [4.69, 9.17) is 10.5 Å². The van der Waals surface area contributed by atoms with Crippen LogP contribution >= 0.6 is 15.9 Å². The zero-order valence-electron chi connectivity index (χ0n) is 9.79. The molecular weight excluding hydrogens is 266 g/mol. The highest BCUT2D eigenvalue weighted by Crippen LogP contribution is 2.29. The largest absolute Gasteiger partial charge is 0.486 e. The van der Waals surface area contributed by atoms with Crippen molar-refractivity contribution in [3.05, 3.63) is 40.4 Å². The van der Waals surface area contributed by atoms with Crippen LogP contribution < -0.4 is 10.5 Å². The zero-order valence-corrected chi connectivity index (χ0v) is 11.4. The first-order chi connectivity index (χ1) is 7.58. The minimum Gasteiger partial charge on any atom is -0.486 e. The summed E-state index contributed by atoms with van der Waals surface area (Å²) in [6.07, 6.45) is 2.61. The second-order valence-corrected chi connectivity index (χ2v) is 4.72. The Bertz CT molecular complexity index is 376. The van der Waals surface area contributed by atoms with Gasteiger partial charge in [0.1, 0.15) is 11.9 Å². The fourth-order valence-corrected chi connectivity index (χ4v) is 2.16. The van der Waals surface area contributed by atoms with Crippen molar-refractivity contribution in [3.63, 3.8) is 0 Å². The predicted molar refractivity (Wildman–Crippen MR) is 71.9 cm³/mol. The number of nitrogens with two attached hydrogens (primary N) is 1. The average molecular weight is 284 g/mol. The van der Waals surface area contributed by atoms with E-state index >= 15 is 0 Å². The molecule has 0 aliphatic rings. The maximum Gasteiger partial charge on any atom is 0.126 e. The summed E-state index contributed by atoms with van der Waals surface area (Å²) < 4.78 is 6.90. The van der Waals surface area contributed by atoms with Crippen molar-refractivity contribution in [2.45, 2.75) is 26.4 Å². The molecule has 16 heavy (non-hydrogen) atoms. The molecule has 0 aromatic heterocycles. The van der Waals surface area contributed by atoms with E-state index in [2.05, 4.69) is 28.6 Å². The van der Waals surface area contributed by atoms with Gasteiger partial charge in [-0.1, -0.05) is 28.6 Å². The van der Waals surface area contributed by atoms with Gasteiger partial charge >= 0.3 is 0 Å². The van der Waals surface area contributed by atoms with Gasteiger partial charge in [-0.05, 0) is 50.1 Å². The van der Waals surface area contributed by atoms with Crippen LogP contribution in [0.3, 0.4) is 0 Å². The Morgan fingerprint density at radius 3 is 2.81 bits per heavy atom. The van der Waals surface area contributed by atoms with Gasteiger partial charge in [-0.15, -0.1) is 0 Å². The number of halogens is 1. The predicted octanol–water partition coefficient (Wildman–Crippen LogP) is 3.21. The lowest BCUT2D eigenvalue weighted by Gasteiger charge is -2.17. The van der Waals surface area contributed by atoms with Crippen LogP contribution in [0.1, 0.15) is 18.1 Å². The Morgan fingerprint density at radius 1 is 1.56 bits per heavy atom. The SMILES string of the molecule is C=CC(C)Oc1c(C)cc(Br)cc1CCN. The molecule has 1 aromatic carbocycles. The first-order valence-corrected chi connectivity index (χ1v) is 6.16. The number of rotatable bonds is 5. The molecule has 0 radical (unpaired) electrons. The maximum absolute atomic E-state index is 5.84. The lowest BCUT2D eigenvalue weighted by atomic mass is 10.1. The van der Waals surface area contributed by atoms with E-state index in [1.165, 1.54) is 0 Å². The Labute approximate surface area is 106 Å². The van der Waals surface area contributed by atoms with E-state index in [0.717, 1.165) is 27.8 Å². The highest BCUT2D eigenvalue weighted by molar-refractivity contribution is 9.10. The summed E-state index contributed by atoms with van der Waals surface area (Å²) in [7, 11) is 0. The minimum atomic E-state index is 0.0106. The third-order valence-electron chi connectivity index (χ3n) is 2.37. The highest BCUT2D eigenvalue weighted by Gasteiger charge is 2.10. The molecule has 3 heteroatoms. The van der Waals surface area contributed by atoms with Crippen LogP contribution in [0.25, 0.3) is 0 Å². The van der Waals surface area contributed by atoms with Gasteiger partial charge in [-0.3, -0.25) is 0 Å². The molecule has 2 nitrogen and oxygen atoms in total. The third kappa shape index (κ3) is 3.35. The van der Waals surface area contributed by atoms with Gasteiger partial charge < -0.3 is 10.5 Å². The minimum absolute atomic E-state index is 0.0106. The molecule has 0 spiro atoms. The monoisotopic (exact) mass is 283 g/mol. The molecule has 88 valence electrons. The number of hydrogen-bond donors (Lipinski definition) is 1. The molecule has 0 aliphatic carbocycles. The molecule has 2 N–H and O–H groups in total. The summed E-state index contributed by atoms with van der Waals surface area (Å²) in [6.45, 7) is 8.35. The Kier molecular flexibility index (Phi) is 5.03. The molecule has 1 unspecified atom stereocenters. The molecule has 0 fully saturated rings. The van der Waals surface area contributed by atoms with Gasteiger partial charge in [0.2, 0.25) is 0 Å². The van der Waals surface area contributed by atoms with Crippen LogP contribution in [0, 0.1) is 6.92 Å². The van der Waals surface area contributed by atoms with E-state index in [1.807, 2.05) is 19.9 Å². The van der Waals surface area contributed by atoms with Crippen LogP contribution in [0.5, 0.6) is 5.75 Å². The quantitative estimate of drug-likeness (QED) is 0.843. The summed E-state index contributed by atoms with van der Waals surface area (Å²) in [4.78, 5) is 0. The number of benzene rings is 1. The lowest BCUT2D eigenvalue weighted by Crippen LogP contribution is -2.12. The van der Waals surface area contributed by atoms with Crippen molar-refractivity contribution in [3.8, 4) is 5.75 Å². The van der Waals surface area contributed by atoms with E-state index in [0.29, 0.717) is 6.54 Å². The first kappa shape index (κ1) is 13.3. The topological polar surface area (TPSA) is 35.2 Å². The van der Waals surface area contributed by atoms with Crippen LogP contribution in [0.2, 0.25) is 0 Å². The summed E-state index contributed by atoms with van der Waals surface area (Å²) in [5, 5.41) is 0. The third-order valence-corrected chi connectivity index (χ3v) is 2.82. The zero-order chi connectivity index (χ0) is 12.1. The average Bonchev–Trinajstić information content (AvgIpc) is 2.23. The molecule has 0 saturated carbocycles. The van der Waals surface area contributed by atoms with Gasteiger partial charge in [-0.2, -0.15) is 0 Å². The van der Waals surface area contributed by atoms with Crippen LogP contribution in [0.15, 0.2) is 29.3 Å². The fraction of sp³-hybridized carbons (Fsp3) is 0.385. The van der Waals surface area contributed by atoms with Gasteiger partial charge in [0.15, 0.2) is 0 Å². The summed E-state index contributed by atoms with van der Waals surface area (Å²) >= 11 is 3.48. The molecule has 1 atom stereocenters. The van der Waals surface area contributed by atoms with Crippen LogP contribution in [0.4, 0.5) is 0 Å². The molecule has 0 saturated heterocycles. The highest BCUT2D eigenvalue weighted by atomic mass is 79.9. The molecule has 1 aromatic rings.